The van der Waals surface area contributed by atoms with Crippen LogP contribution in [0, 0.1) is 5.41 Å². The smallest absolute Gasteiger partial charge is 0.271 e. The van der Waals surface area contributed by atoms with Crippen LogP contribution in [-0.2, 0) is 11.2 Å². The second-order valence-corrected chi connectivity index (χ2v) is 8.84. The van der Waals surface area contributed by atoms with Crippen molar-refractivity contribution in [1.29, 1.82) is 0 Å². The van der Waals surface area contributed by atoms with Crippen LogP contribution in [0.3, 0.4) is 0 Å². The quantitative estimate of drug-likeness (QED) is 0.554. The summed E-state index contributed by atoms with van der Waals surface area (Å²) in [6, 6.07) is 14.0. The molecule has 1 aromatic carbocycles. The molecule has 0 unspecified atom stereocenters. The van der Waals surface area contributed by atoms with Gasteiger partial charge in [0.1, 0.15) is 5.69 Å². The first-order valence-electron chi connectivity index (χ1n) is 10.4. The van der Waals surface area contributed by atoms with Gasteiger partial charge in [-0.25, -0.2) is 0 Å². The van der Waals surface area contributed by atoms with E-state index in [0.717, 1.165) is 24.0 Å². The van der Waals surface area contributed by atoms with E-state index < -0.39 is 5.41 Å². The SMILES string of the molecule is C=CCNC(=O)[C@]1(Cc2ccccc2-c2cccs2)CCCN(C(=O)c2ccn[nH]2)C1. The zero-order chi connectivity index (χ0) is 21.7. The molecule has 2 aromatic heterocycles. The first-order chi connectivity index (χ1) is 15.1. The molecule has 0 radical (unpaired) electrons. The molecule has 1 atom stereocenters. The van der Waals surface area contributed by atoms with E-state index >= 15 is 0 Å². The van der Waals surface area contributed by atoms with Crippen molar-refractivity contribution in [3.05, 3.63) is 78.0 Å². The number of hydrogen-bond acceptors (Lipinski definition) is 4. The lowest BCUT2D eigenvalue weighted by molar-refractivity contribution is -0.133. The van der Waals surface area contributed by atoms with Crippen molar-refractivity contribution in [2.24, 2.45) is 5.41 Å². The average molecular weight is 435 g/mol. The molecule has 0 saturated carbocycles. The van der Waals surface area contributed by atoms with Crippen LogP contribution >= 0.6 is 11.3 Å². The van der Waals surface area contributed by atoms with E-state index in [-0.39, 0.29) is 11.8 Å². The highest BCUT2D eigenvalue weighted by Gasteiger charge is 2.44. The lowest BCUT2D eigenvalue weighted by Crippen LogP contribution is -2.54. The van der Waals surface area contributed by atoms with E-state index in [0.29, 0.717) is 31.7 Å². The summed E-state index contributed by atoms with van der Waals surface area (Å²) >= 11 is 1.69. The van der Waals surface area contributed by atoms with E-state index in [4.69, 9.17) is 0 Å². The summed E-state index contributed by atoms with van der Waals surface area (Å²) in [5.74, 6) is -0.153. The van der Waals surface area contributed by atoms with Gasteiger partial charge in [-0.15, -0.1) is 17.9 Å². The highest BCUT2D eigenvalue weighted by Crippen LogP contribution is 2.38. The van der Waals surface area contributed by atoms with Crippen LogP contribution in [0.25, 0.3) is 10.4 Å². The number of H-pyrrole nitrogens is 1. The number of aromatic amines is 1. The molecule has 31 heavy (non-hydrogen) atoms. The number of aromatic nitrogens is 2. The molecule has 6 nitrogen and oxygen atoms in total. The van der Waals surface area contributed by atoms with Gasteiger partial charge in [-0.3, -0.25) is 14.7 Å². The van der Waals surface area contributed by atoms with E-state index in [1.54, 1.807) is 34.6 Å². The van der Waals surface area contributed by atoms with Gasteiger partial charge in [0.2, 0.25) is 5.91 Å². The molecule has 160 valence electrons. The summed E-state index contributed by atoms with van der Waals surface area (Å²) in [7, 11) is 0. The van der Waals surface area contributed by atoms with Gasteiger partial charge in [0.25, 0.3) is 5.91 Å². The van der Waals surface area contributed by atoms with Crippen LogP contribution < -0.4 is 5.32 Å². The summed E-state index contributed by atoms with van der Waals surface area (Å²) in [5.41, 5.74) is 2.01. The lowest BCUT2D eigenvalue weighted by atomic mass is 9.73. The number of amides is 2. The number of thiophene rings is 1. The Labute approximate surface area is 186 Å². The molecule has 0 bridgehead atoms. The summed E-state index contributed by atoms with van der Waals surface area (Å²) in [6.07, 6.45) is 5.31. The standard InChI is InChI=1S/C24H26N4O2S/c1-2-12-25-23(30)24(11-6-14-28(17-24)22(29)20-10-13-26-27-20)16-18-7-3-4-8-19(18)21-9-5-15-31-21/h2-5,7-10,13,15H,1,6,11-12,14,16-17H2,(H,25,30)(H,26,27)/t24-/m0/s1. The molecule has 1 aliphatic rings. The summed E-state index contributed by atoms with van der Waals surface area (Å²) in [4.78, 5) is 29.4. The Hall–Kier alpha value is -3.19. The summed E-state index contributed by atoms with van der Waals surface area (Å²) in [6.45, 7) is 5.12. The maximum Gasteiger partial charge on any atom is 0.271 e. The Balaban J connectivity index is 1.67. The second-order valence-electron chi connectivity index (χ2n) is 7.89. The molecule has 4 rings (SSSR count). The molecular formula is C24H26N4O2S. The first kappa shape index (κ1) is 21.1. The average Bonchev–Trinajstić information content (AvgIpc) is 3.52. The molecule has 7 heteroatoms. The number of nitrogens with zero attached hydrogens (tertiary/aromatic N) is 2. The Kier molecular flexibility index (Phi) is 6.32. The van der Waals surface area contributed by atoms with Gasteiger partial charge in [0, 0.05) is 30.7 Å². The maximum atomic E-state index is 13.4. The zero-order valence-corrected chi connectivity index (χ0v) is 18.2. The fourth-order valence-corrected chi connectivity index (χ4v) is 5.11. The maximum absolute atomic E-state index is 13.4. The Morgan fingerprint density at radius 2 is 2.13 bits per heavy atom. The minimum Gasteiger partial charge on any atom is -0.352 e. The van der Waals surface area contributed by atoms with Crippen molar-refractivity contribution in [2.75, 3.05) is 19.6 Å². The van der Waals surface area contributed by atoms with E-state index in [1.807, 2.05) is 18.2 Å². The van der Waals surface area contributed by atoms with Crippen LogP contribution in [-0.4, -0.2) is 46.5 Å². The van der Waals surface area contributed by atoms with Crippen molar-refractivity contribution < 1.29 is 9.59 Å². The monoisotopic (exact) mass is 434 g/mol. The normalized spacial score (nSPS) is 18.5. The Morgan fingerprint density at radius 1 is 1.26 bits per heavy atom. The van der Waals surface area contributed by atoms with Crippen LogP contribution in [0.5, 0.6) is 0 Å². The lowest BCUT2D eigenvalue weighted by Gasteiger charge is -2.42. The molecule has 1 aliphatic heterocycles. The predicted octanol–water partition coefficient (Wildman–Crippen LogP) is 3.91. The zero-order valence-electron chi connectivity index (χ0n) is 17.3. The number of likely N-dealkylation sites (tertiary alicyclic amines) is 1. The fraction of sp³-hybridized carbons (Fsp3) is 0.292. The molecule has 0 aliphatic carbocycles. The van der Waals surface area contributed by atoms with Gasteiger partial charge < -0.3 is 10.2 Å². The highest BCUT2D eigenvalue weighted by atomic mass is 32.1. The third kappa shape index (κ3) is 4.46. The van der Waals surface area contributed by atoms with E-state index in [2.05, 4.69) is 45.7 Å². The predicted molar refractivity (Wildman–Crippen MR) is 123 cm³/mol. The van der Waals surface area contributed by atoms with Crippen LogP contribution in [0.4, 0.5) is 0 Å². The van der Waals surface area contributed by atoms with E-state index in [1.165, 1.54) is 4.88 Å². The molecule has 0 spiro atoms. The third-order valence-electron chi connectivity index (χ3n) is 5.82. The van der Waals surface area contributed by atoms with Crippen molar-refractivity contribution in [3.63, 3.8) is 0 Å². The number of carbonyl (C=O) groups excluding carboxylic acids is 2. The van der Waals surface area contributed by atoms with Crippen molar-refractivity contribution in [3.8, 4) is 10.4 Å². The number of carbonyl (C=O) groups is 2. The highest BCUT2D eigenvalue weighted by molar-refractivity contribution is 7.13. The van der Waals surface area contributed by atoms with Gasteiger partial charge in [-0.1, -0.05) is 36.4 Å². The molecule has 1 fully saturated rings. The largest absolute Gasteiger partial charge is 0.352 e. The molecule has 2 N–H and O–H groups in total. The number of nitrogens with one attached hydrogen (secondary N) is 2. The van der Waals surface area contributed by atoms with Gasteiger partial charge in [-0.2, -0.15) is 5.10 Å². The van der Waals surface area contributed by atoms with Gasteiger partial charge in [0.05, 0.1) is 5.41 Å². The van der Waals surface area contributed by atoms with Crippen LogP contribution in [0.15, 0.2) is 66.7 Å². The topological polar surface area (TPSA) is 78.1 Å². The molecule has 3 heterocycles. The third-order valence-corrected chi connectivity index (χ3v) is 6.72. The fourth-order valence-electron chi connectivity index (χ4n) is 4.32. The van der Waals surface area contributed by atoms with Gasteiger partial charge in [0.15, 0.2) is 0 Å². The van der Waals surface area contributed by atoms with Gasteiger partial charge >= 0.3 is 0 Å². The first-order valence-corrected chi connectivity index (χ1v) is 11.3. The minimum absolute atomic E-state index is 0.0320. The number of piperidine rings is 1. The Morgan fingerprint density at radius 3 is 2.87 bits per heavy atom. The molecule has 3 aromatic rings. The van der Waals surface area contributed by atoms with Crippen molar-refractivity contribution >= 4 is 23.2 Å². The molecular weight excluding hydrogens is 408 g/mol. The van der Waals surface area contributed by atoms with Crippen LogP contribution in [0.2, 0.25) is 0 Å². The summed E-state index contributed by atoms with van der Waals surface area (Å²) < 4.78 is 0. The van der Waals surface area contributed by atoms with E-state index in [9.17, 15) is 9.59 Å². The number of benzene rings is 1. The summed E-state index contributed by atoms with van der Waals surface area (Å²) in [5, 5.41) is 11.7. The van der Waals surface area contributed by atoms with Crippen LogP contribution in [0.1, 0.15) is 28.9 Å². The number of rotatable bonds is 7. The Bertz CT molecular complexity index is 1050. The van der Waals surface area contributed by atoms with Gasteiger partial charge in [-0.05, 0) is 47.9 Å². The van der Waals surface area contributed by atoms with Crippen molar-refractivity contribution in [2.45, 2.75) is 19.3 Å². The molecule has 2 amide bonds. The van der Waals surface area contributed by atoms with Crippen molar-refractivity contribution in [1.82, 2.24) is 20.4 Å². The number of hydrogen-bond donors (Lipinski definition) is 2. The second kappa shape index (κ2) is 9.31. The minimum atomic E-state index is -0.704. The molecule has 1 saturated heterocycles.